The summed E-state index contributed by atoms with van der Waals surface area (Å²) in [6.07, 6.45) is 3.21. The Labute approximate surface area is 117 Å². The SMILES string of the molecule is CC(C)C[C@@H](NC(=O)NCCCc1ncn[nH]1)C(=O)O. The van der Waals surface area contributed by atoms with Crippen molar-refractivity contribution in [2.75, 3.05) is 6.54 Å². The molecule has 1 heterocycles. The van der Waals surface area contributed by atoms with Gasteiger partial charge in [0.15, 0.2) is 0 Å². The lowest BCUT2D eigenvalue weighted by Crippen LogP contribution is -2.46. The van der Waals surface area contributed by atoms with E-state index in [0.717, 1.165) is 5.82 Å². The molecule has 0 fully saturated rings. The highest BCUT2D eigenvalue weighted by Gasteiger charge is 2.20. The van der Waals surface area contributed by atoms with Crippen molar-refractivity contribution in [2.45, 2.75) is 39.2 Å². The molecule has 2 amide bonds. The second-order valence-electron chi connectivity index (χ2n) is 4.96. The van der Waals surface area contributed by atoms with Crippen LogP contribution in [0, 0.1) is 5.92 Å². The number of rotatable bonds is 8. The van der Waals surface area contributed by atoms with E-state index in [1.54, 1.807) is 0 Å². The molecule has 1 aromatic heterocycles. The molecule has 0 aliphatic rings. The summed E-state index contributed by atoms with van der Waals surface area (Å²) in [5.41, 5.74) is 0. The molecule has 1 aromatic rings. The summed E-state index contributed by atoms with van der Waals surface area (Å²) < 4.78 is 0. The van der Waals surface area contributed by atoms with Gasteiger partial charge in [0.25, 0.3) is 0 Å². The van der Waals surface area contributed by atoms with Gasteiger partial charge in [0.05, 0.1) is 0 Å². The van der Waals surface area contributed by atoms with Gasteiger partial charge >= 0.3 is 12.0 Å². The van der Waals surface area contributed by atoms with Crippen molar-refractivity contribution in [3.05, 3.63) is 12.2 Å². The van der Waals surface area contributed by atoms with Gasteiger partial charge in [-0.05, 0) is 18.8 Å². The third-order valence-electron chi connectivity index (χ3n) is 2.65. The zero-order chi connectivity index (χ0) is 15.0. The van der Waals surface area contributed by atoms with Crippen LogP contribution in [0.2, 0.25) is 0 Å². The van der Waals surface area contributed by atoms with Gasteiger partial charge in [0.1, 0.15) is 18.2 Å². The van der Waals surface area contributed by atoms with Crippen LogP contribution in [-0.2, 0) is 11.2 Å². The normalized spacial score (nSPS) is 12.2. The number of hydrogen-bond acceptors (Lipinski definition) is 4. The number of amides is 2. The van der Waals surface area contributed by atoms with Crippen LogP contribution in [0.3, 0.4) is 0 Å². The fraction of sp³-hybridized carbons (Fsp3) is 0.667. The molecule has 0 saturated heterocycles. The minimum atomic E-state index is -1.02. The van der Waals surface area contributed by atoms with E-state index in [1.807, 2.05) is 13.8 Å². The van der Waals surface area contributed by atoms with Gasteiger partial charge in [-0.1, -0.05) is 13.8 Å². The number of aromatic amines is 1. The molecule has 0 aromatic carbocycles. The number of urea groups is 1. The largest absolute Gasteiger partial charge is 0.480 e. The molecule has 112 valence electrons. The molecule has 1 atom stereocenters. The van der Waals surface area contributed by atoms with Crippen LogP contribution in [0.25, 0.3) is 0 Å². The second kappa shape index (κ2) is 8.13. The number of carbonyl (C=O) groups excluding carboxylic acids is 1. The quantitative estimate of drug-likeness (QED) is 0.519. The molecule has 0 aliphatic heterocycles. The fourth-order valence-electron chi connectivity index (χ4n) is 1.71. The Morgan fingerprint density at radius 1 is 1.45 bits per heavy atom. The highest BCUT2D eigenvalue weighted by atomic mass is 16.4. The number of nitrogens with one attached hydrogen (secondary N) is 3. The van der Waals surface area contributed by atoms with Gasteiger partial charge in [-0.3, -0.25) is 5.10 Å². The minimum absolute atomic E-state index is 0.197. The Morgan fingerprint density at radius 2 is 2.20 bits per heavy atom. The Balaban J connectivity index is 2.22. The first kappa shape index (κ1) is 15.9. The first-order valence-corrected chi connectivity index (χ1v) is 6.60. The van der Waals surface area contributed by atoms with Crippen LogP contribution in [0.4, 0.5) is 4.79 Å². The van der Waals surface area contributed by atoms with Crippen molar-refractivity contribution in [1.29, 1.82) is 0 Å². The highest BCUT2D eigenvalue weighted by molar-refractivity contribution is 5.82. The molecule has 0 spiro atoms. The lowest BCUT2D eigenvalue weighted by atomic mass is 10.0. The topological polar surface area (TPSA) is 120 Å². The van der Waals surface area contributed by atoms with Gasteiger partial charge in [-0.2, -0.15) is 5.10 Å². The number of nitrogens with zero attached hydrogens (tertiary/aromatic N) is 2. The number of carbonyl (C=O) groups is 2. The second-order valence-corrected chi connectivity index (χ2v) is 4.96. The number of hydrogen-bond donors (Lipinski definition) is 4. The van der Waals surface area contributed by atoms with E-state index in [0.29, 0.717) is 25.8 Å². The van der Waals surface area contributed by atoms with E-state index >= 15 is 0 Å². The van der Waals surface area contributed by atoms with E-state index in [-0.39, 0.29) is 5.92 Å². The summed E-state index contributed by atoms with van der Waals surface area (Å²) in [6.45, 7) is 4.26. The standard InChI is InChI=1S/C12H21N5O3/c1-8(2)6-9(11(18)19)16-12(20)13-5-3-4-10-14-7-15-17-10/h7-9H,3-6H2,1-2H3,(H,18,19)(H2,13,16,20)(H,14,15,17)/t9-/m1/s1. The zero-order valence-corrected chi connectivity index (χ0v) is 11.7. The molecule has 0 saturated carbocycles. The zero-order valence-electron chi connectivity index (χ0n) is 11.7. The summed E-state index contributed by atoms with van der Waals surface area (Å²) in [5, 5.41) is 20.5. The predicted molar refractivity (Wildman–Crippen MR) is 72.1 cm³/mol. The van der Waals surface area contributed by atoms with E-state index in [1.165, 1.54) is 6.33 Å². The smallest absolute Gasteiger partial charge is 0.326 e. The fourth-order valence-corrected chi connectivity index (χ4v) is 1.71. The van der Waals surface area contributed by atoms with Crippen molar-refractivity contribution >= 4 is 12.0 Å². The number of aryl methyl sites for hydroxylation is 1. The number of aliphatic carboxylic acids is 1. The summed E-state index contributed by atoms with van der Waals surface area (Å²) >= 11 is 0. The third-order valence-corrected chi connectivity index (χ3v) is 2.65. The molecule has 0 radical (unpaired) electrons. The summed E-state index contributed by atoms with van der Waals surface area (Å²) in [6, 6.07) is -1.32. The maximum atomic E-state index is 11.6. The molecule has 4 N–H and O–H groups in total. The lowest BCUT2D eigenvalue weighted by Gasteiger charge is -2.16. The van der Waals surface area contributed by atoms with Crippen LogP contribution < -0.4 is 10.6 Å². The highest BCUT2D eigenvalue weighted by Crippen LogP contribution is 2.04. The van der Waals surface area contributed by atoms with Crippen LogP contribution in [0.1, 0.15) is 32.5 Å². The third kappa shape index (κ3) is 6.17. The molecular formula is C12H21N5O3. The van der Waals surface area contributed by atoms with Crippen LogP contribution in [0.5, 0.6) is 0 Å². The molecule has 1 rings (SSSR count). The van der Waals surface area contributed by atoms with E-state index in [9.17, 15) is 9.59 Å². The Morgan fingerprint density at radius 3 is 2.75 bits per heavy atom. The predicted octanol–water partition coefficient (Wildman–Crippen LogP) is 0.536. The van der Waals surface area contributed by atoms with Gasteiger partial charge in [0.2, 0.25) is 0 Å². The van der Waals surface area contributed by atoms with Crippen LogP contribution in [0.15, 0.2) is 6.33 Å². The molecule has 0 aliphatic carbocycles. The molecule has 0 unspecified atom stereocenters. The van der Waals surface area contributed by atoms with Crippen molar-refractivity contribution in [2.24, 2.45) is 5.92 Å². The van der Waals surface area contributed by atoms with Gasteiger partial charge < -0.3 is 15.7 Å². The molecule has 8 heteroatoms. The average Bonchev–Trinajstić information content (AvgIpc) is 2.86. The first-order chi connectivity index (χ1) is 9.49. The number of carboxylic acid groups (broad SMARTS) is 1. The van der Waals surface area contributed by atoms with Crippen molar-refractivity contribution < 1.29 is 14.7 Å². The first-order valence-electron chi connectivity index (χ1n) is 6.60. The van der Waals surface area contributed by atoms with Gasteiger partial charge in [0, 0.05) is 13.0 Å². The minimum Gasteiger partial charge on any atom is -0.480 e. The summed E-state index contributed by atoms with van der Waals surface area (Å²) in [7, 11) is 0. The molecular weight excluding hydrogens is 262 g/mol. The number of H-pyrrole nitrogens is 1. The molecule has 0 bridgehead atoms. The Kier molecular flexibility index (Phi) is 6.48. The van der Waals surface area contributed by atoms with Gasteiger partial charge in [-0.25, -0.2) is 14.6 Å². The van der Waals surface area contributed by atoms with E-state index in [2.05, 4.69) is 25.8 Å². The Bertz CT molecular complexity index is 419. The van der Waals surface area contributed by atoms with Crippen LogP contribution in [-0.4, -0.2) is 44.9 Å². The number of carboxylic acids is 1. The lowest BCUT2D eigenvalue weighted by molar-refractivity contribution is -0.139. The van der Waals surface area contributed by atoms with Gasteiger partial charge in [-0.15, -0.1) is 0 Å². The van der Waals surface area contributed by atoms with Crippen molar-refractivity contribution in [1.82, 2.24) is 25.8 Å². The monoisotopic (exact) mass is 283 g/mol. The summed E-state index contributed by atoms with van der Waals surface area (Å²) in [4.78, 5) is 26.5. The Hall–Kier alpha value is -2.12. The number of aromatic nitrogens is 3. The van der Waals surface area contributed by atoms with Crippen LogP contribution >= 0.6 is 0 Å². The van der Waals surface area contributed by atoms with Crippen molar-refractivity contribution in [3.63, 3.8) is 0 Å². The summed E-state index contributed by atoms with van der Waals surface area (Å²) in [5.74, 6) is -0.0613. The van der Waals surface area contributed by atoms with E-state index < -0.39 is 18.0 Å². The maximum absolute atomic E-state index is 11.6. The molecule has 8 nitrogen and oxygen atoms in total. The van der Waals surface area contributed by atoms with Crippen molar-refractivity contribution in [3.8, 4) is 0 Å². The average molecular weight is 283 g/mol. The van der Waals surface area contributed by atoms with E-state index in [4.69, 9.17) is 5.11 Å². The maximum Gasteiger partial charge on any atom is 0.326 e. The molecule has 20 heavy (non-hydrogen) atoms.